The molecule has 88 valence electrons. The zero-order valence-corrected chi connectivity index (χ0v) is 11.4. The summed E-state index contributed by atoms with van der Waals surface area (Å²) in [4.78, 5) is 23.9. The fraction of sp³-hybridized carbons (Fsp3) is 0. The number of halogens is 2. The minimum atomic E-state index is -0.475. The third-order valence-corrected chi connectivity index (χ3v) is 3.68. The van der Waals surface area contributed by atoms with E-state index in [2.05, 4.69) is 15.9 Å². The first-order chi connectivity index (χ1) is 8.58. The third-order valence-electron chi connectivity index (χ3n) is 2.95. The Bertz CT molecular complexity index is 645. The predicted molar refractivity (Wildman–Crippen MR) is 73.2 cm³/mol. The average Bonchev–Trinajstić information content (AvgIpc) is 2.36. The van der Waals surface area contributed by atoms with Gasteiger partial charge in [-0.05, 0) is 47.5 Å². The van der Waals surface area contributed by atoms with E-state index in [4.69, 9.17) is 11.6 Å². The largest absolute Gasteiger partial charge is 0.285 e. The molecule has 3 rings (SSSR count). The first-order valence-corrected chi connectivity index (χ1v) is 6.43. The summed E-state index contributed by atoms with van der Waals surface area (Å²) in [5.41, 5.74) is 2.29. The van der Waals surface area contributed by atoms with Gasteiger partial charge < -0.3 is 0 Å². The maximum absolute atomic E-state index is 12.0. The average molecular weight is 322 g/mol. The Labute approximate surface area is 117 Å². The molecule has 0 heterocycles. The van der Waals surface area contributed by atoms with Gasteiger partial charge in [-0.15, -0.1) is 0 Å². The van der Waals surface area contributed by atoms with E-state index in [0.29, 0.717) is 21.7 Å². The minimum Gasteiger partial charge on any atom is -0.285 e. The van der Waals surface area contributed by atoms with Crippen LogP contribution in [0.1, 0.15) is 20.7 Å². The lowest BCUT2D eigenvalue weighted by Gasteiger charge is -2.18. The predicted octanol–water partition coefficient (Wildman–Crippen LogP) is 4.15. The SMILES string of the molecule is O=C1C(=O)c2ccc(Br)cc2-c2cc(Cl)ccc21. The fourth-order valence-corrected chi connectivity index (χ4v) is 2.65. The van der Waals surface area contributed by atoms with Gasteiger partial charge in [-0.2, -0.15) is 0 Å². The summed E-state index contributed by atoms with van der Waals surface area (Å²) in [5.74, 6) is -0.941. The number of carbonyl (C=O) groups excluding carboxylic acids is 2. The van der Waals surface area contributed by atoms with Gasteiger partial charge in [0.05, 0.1) is 0 Å². The molecule has 1 aliphatic carbocycles. The molecule has 4 heteroatoms. The summed E-state index contributed by atoms with van der Waals surface area (Å²) in [6.45, 7) is 0. The molecular weight excluding hydrogens is 316 g/mol. The number of Topliss-reactive ketones (excluding diaryl/α,β-unsaturated/α-hetero) is 2. The van der Waals surface area contributed by atoms with Gasteiger partial charge in [-0.25, -0.2) is 0 Å². The first-order valence-electron chi connectivity index (χ1n) is 5.26. The maximum atomic E-state index is 12.0. The van der Waals surface area contributed by atoms with Crippen LogP contribution in [0.3, 0.4) is 0 Å². The number of hydrogen-bond acceptors (Lipinski definition) is 2. The third kappa shape index (κ3) is 1.62. The van der Waals surface area contributed by atoms with E-state index in [0.717, 1.165) is 10.0 Å². The van der Waals surface area contributed by atoms with Crippen molar-refractivity contribution in [1.82, 2.24) is 0 Å². The van der Waals surface area contributed by atoms with Crippen LogP contribution in [0.25, 0.3) is 11.1 Å². The van der Waals surface area contributed by atoms with Crippen molar-refractivity contribution in [3.63, 3.8) is 0 Å². The molecule has 18 heavy (non-hydrogen) atoms. The van der Waals surface area contributed by atoms with Crippen LogP contribution in [0.15, 0.2) is 40.9 Å². The molecule has 0 spiro atoms. The number of fused-ring (bicyclic) bond motifs is 3. The van der Waals surface area contributed by atoms with E-state index in [-0.39, 0.29) is 0 Å². The molecule has 0 unspecified atom stereocenters. The van der Waals surface area contributed by atoms with Crippen LogP contribution in [0, 0.1) is 0 Å². The molecule has 0 bridgehead atoms. The highest BCUT2D eigenvalue weighted by atomic mass is 79.9. The van der Waals surface area contributed by atoms with Gasteiger partial charge in [0.25, 0.3) is 0 Å². The Morgan fingerprint density at radius 1 is 0.778 bits per heavy atom. The van der Waals surface area contributed by atoms with Gasteiger partial charge in [0.1, 0.15) is 0 Å². The van der Waals surface area contributed by atoms with Crippen molar-refractivity contribution in [2.45, 2.75) is 0 Å². The molecule has 2 aromatic carbocycles. The Balaban J connectivity index is 2.40. The number of benzene rings is 2. The lowest BCUT2D eigenvalue weighted by Crippen LogP contribution is -2.21. The normalized spacial score (nSPS) is 13.2. The van der Waals surface area contributed by atoms with E-state index in [1.807, 2.05) is 6.07 Å². The number of rotatable bonds is 0. The summed E-state index contributed by atoms with van der Waals surface area (Å²) in [6.07, 6.45) is 0. The van der Waals surface area contributed by atoms with Gasteiger partial charge in [0, 0.05) is 20.6 Å². The van der Waals surface area contributed by atoms with E-state index < -0.39 is 11.6 Å². The topological polar surface area (TPSA) is 34.1 Å². The Hall–Kier alpha value is -1.45. The molecule has 0 aliphatic heterocycles. The molecule has 1 aliphatic rings. The van der Waals surface area contributed by atoms with Gasteiger partial charge >= 0.3 is 0 Å². The Morgan fingerprint density at radius 3 is 2.00 bits per heavy atom. The summed E-state index contributed by atoms with van der Waals surface area (Å²) in [6, 6.07) is 10.2. The molecule has 2 aromatic rings. The fourth-order valence-electron chi connectivity index (χ4n) is 2.12. The zero-order chi connectivity index (χ0) is 12.9. The molecule has 0 aromatic heterocycles. The van der Waals surface area contributed by atoms with Crippen LogP contribution < -0.4 is 0 Å². The molecule has 2 nitrogen and oxygen atoms in total. The number of carbonyl (C=O) groups is 2. The standard InChI is InChI=1S/C14H6BrClO2/c15-7-1-3-9-11(5-7)12-6-8(16)2-4-10(12)14(18)13(9)17/h1-6H. The minimum absolute atomic E-state index is 0.412. The van der Waals surface area contributed by atoms with E-state index >= 15 is 0 Å². The summed E-state index contributed by atoms with van der Waals surface area (Å²) in [5, 5.41) is 0.543. The maximum Gasteiger partial charge on any atom is 0.234 e. The zero-order valence-electron chi connectivity index (χ0n) is 9.04. The van der Waals surface area contributed by atoms with Crippen molar-refractivity contribution >= 4 is 39.1 Å². The van der Waals surface area contributed by atoms with Crippen LogP contribution in [0.4, 0.5) is 0 Å². The van der Waals surface area contributed by atoms with Gasteiger partial charge in [0.2, 0.25) is 11.6 Å². The lowest BCUT2D eigenvalue weighted by atomic mass is 9.84. The second-order valence-electron chi connectivity index (χ2n) is 4.04. The molecule has 0 N–H and O–H groups in total. The van der Waals surface area contributed by atoms with Crippen molar-refractivity contribution in [1.29, 1.82) is 0 Å². The van der Waals surface area contributed by atoms with Crippen molar-refractivity contribution < 1.29 is 9.59 Å². The van der Waals surface area contributed by atoms with Crippen molar-refractivity contribution in [2.75, 3.05) is 0 Å². The molecule has 0 saturated carbocycles. The van der Waals surface area contributed by atoms with E-state index in [1.165, 1.54) is 0 Å². The summed E-state index contributed by atoms with van der Waals surface area (Å²) >= 11 is 9.33. The smallest absolute Gasteiger partial charge is 0.234 e. The Morgan fingerprint density at radius 2 is 1.33 bits per heavy atom. The van der Waals surface area contributed by atoms with Crippen molar-refractivity contribution in [2.24, 2.45) is 0 Å². The highest BCUT2D eigenvalue weighted by Crippen LogP contribution is 2.36. The van der Waals surface area contributed by atoms with Gasteiger partial charge in [0.15, 0.2) is 0 Å². The molecule has 0 amide bonds. The number of hydrogen-bond donors (Lipinski definition) is 0. The van der Waals surface area contributed by atoms with Crippen molar-refractivity contribution in [3.8, 4) is 11.1 Å². The van der Waals surface area contributed by atoms with Crippen LogP contribution in [-0.4, -0.2) is 11.6 Å². The summed E-state index contributed by atoms with van der Waals surface area (Å²) in [7, 11) is 0. The molecule has 0 fully saturated rings. The molecule has 0 saturated heterocycles. The van der Waals surface area contributed by atoms with Crippen LogP contribution >= 0.6 is 27.5 Å². The van der Waals surface area contributed by atoms with E-state index in [1.54, 1.807) is 30.3 Å². The van der Waals surface area contributed by atoms with Gasteiger partial charge in [-0.1, -0.05) is 27.5 Å². The highest BCUT2D eigenvalue weighted by Gasteiger charge is 2.30. The Kier molecular flexibility index (Phi) is 2.61. The molecular formula is C14H6BrClO2. The number of ketones is 2. The van der Waals surface area contributed by atoms with Crippen LogP contribution in [0.2, 0.25) is 5.02 Å². The van der Waals surface area contributed by atoms with Crippen LogP contribution in [-0.2, 0) is 0 Å². The van der Waals surface area contributed by atoms with E-state index in [9.17, 15) is 9.59 Å². The molecule has 0 atom stereocenters. The highest BCUT2D eigenvalue weighted by molar-refractivity contribution is 9.10. The monoisotopic (exact) mass is 320 g/mol. The van der Waals surface area contributed by atoms with Gasteiger partial charge in [-0.3, -0.25) is 9.59 Å². The van der Waals surface area contributed by atoms with Crippen LogP contribution in [0.5, 0.6) is 0 Å². The first kappa shape index (κ1) is 11.6. The molecule has 0 radical (unpaired) electrons. The van der Waals surface area contributed by atoms with Crippen molar-refractivity contribution in [3.05, 3.63) is 57.0 Å². The quantitative estimate of drug-likeness (QED) is 0.683. The lowest BCUT2D eigenvalue weighted by molar-refractivity contribution is 0.0815. The second kappa shape index (κ2) is 4.04. The second-order valence-corrected chi connectivity index (χ2v) is 5.39. The summed E-state index contributed by atoms with van der Waals surface area (Å²) < 4.78 is 0.856.